The normalized spacial score (nSPS) is 13.3. The molecule has 0 saturated carbocycles. The molecule has 0 bridgehead atoms. The summed E-state index contributed by atoms with van der Waals surface area (Å²) in [5, 5.41) is 27.3. The average Bonchev–Trinajstić information content (AvgIpc) is 2.73. The molecule has 154 valence electrons. The smallest absolute Gasteiger partial charge is 0.130 e. The number of aromatic nitrogens is 1. The highest BCUT2D eigenvalue weighted by Gasteiger charge is 2.18. The average molecular weight is 396 g/mol. The number of nitrogens with zero attached hydrogens (tertiary/aromatic N) is 1. The molecule has 0 amide bonds. The van der Waals surface area contributed by atoms with E-state index in [1.165, 1.54) is 0 Å². The monoisotopic (exact) mass is 396 g/mol. The third kappa shape index (κ3) is 4.65. The third-order valence-corrected chi connectivity index (χ3v) is 4.82. The summed E-state index contributed by atoms with van der Waals surface area (Å²) in [6.07, 6.45) is 0.490. The van der Waals surface area contributed by atoms with E-state index in [-0.39, 0.29) is 12.6 Å². The second-order valence-electron chi connectivity index (χ2n) is 6.76. The molecule has 29 heavy (non-hydrogen) atoms. The van der Waals surface area contributed by atoms with E-state index in [2.05, 4.69) is 15.6 Å². The maximum Gasteiger partial charge on any atom is 0.130 e. The molecule has 7 heteroatoms. The van der Waals surface area contributed by atoms with Crippen molar-refractivity contribution in [2.45, 2.75) is 25.8 Å². The standard InChI is InChI=1S/C22H28N4O3/c1-3-29-16-9-7-14(8-10-16)19(12-24-2)26-20-15(13-27)11-25-21-17(20)5-4-6-18(21)22(23)28/h4-11,19,22,24,27-28H,3,12-13,23H2,1-2H3,(H,25,26)/t19-,22?/m1/s1. The van der Waals surface area contributed by atoms with E-state index in [9.17, 15) is 10.2 Å². The van der Waals surface area contributed by atoms with E-state index in [0.717, 1.165) is 22.4 Å². The van der Waals surface area contributed by atoms with Crippen molar-refractivity contribution in [2.24, 2.45) is 5.73 Å². The number of hydrogen-bond acceptors (Lipinski definition) is 7. The fourth-order valence-electron chi connectivity index (χ4n) is 3.41. The number of benzene rings is 2. The zero-order chi connectivity index (χ0) is 20.8. The number of pyridine rings is 1. The molecule has 1 aromatic heterocycles. The number of aliphatic hydroxyl groups excluding tert-OH is 2. The number of rotatable bonds is 9. The van der Waals surface area contributed by atoms with Crippen LogP contribution in [0.3, 0.4) is 0 Å². The van der Waals surface area contributed by atoms with Gasteiger partial charge < -0.3 is 31.3 Å². The lowest BCUT2D eigenvalue weighted by Crippen LogP contribution is -2.24. The molecular formula is C22H28N4O3. The molecule has 0 aliphatic heterocycles. The number of nitrogens with one attached hydrogen (secondary N) is 2. The minimum atomic E-state index is -1.13. The lowest BCUT2D eigenvalue weighted by molar-refractivity contribution is 0.187. The summed E-state index contributed by atoms with van der Waals surface area (Å²) >= 11 is 0. The van der Waals surface area contributed by atoms with Crippen LogP contribution in [0.1, 0.15) is 35.9 Å². The zero-order valence-electron chi connectivity index (χ0n) is 16.7. The Kier molecular flexibility index (Phi) is 7.00. The molecule has 3 aromatic rings. The first-order valence-corrected chi connectivity index (χ1v) is 9.67. The molecule has 0 radical (unpaired) electrons. The number of nitrogens with two attached hydrogens (primary N) is 1. The Hall–Kier alpha value is -2.71. The van der Waals surface area contributed by atoms with Gasteiger partial charge >= 0.3 is 0 Å². The Balaban J connectivity index is 2.03. The van der Waals surface area contributed by atoms with Crippen molar-refractivity contribution in [1.82, 2.24) is 10.3 Å². The summed E-state index contributed by atoms with van der Waals surface area (Å²) in [6, 6.07) is 13.4. The number of hydrogen-bond donors (Lipinski definition) is 5. The van der Waals surface area contributed by atoms with Gasteiger partial charge in [0.1, 0.15) is 12.0 Å². The third-order valence-electron chi connectivity index (χ3n) is 4.82. The first kappa shape index (κ1) is 21.0. The predicted molar refractivity (Wildman–Crippen MR) is 115 cm³/mol. The van der Waals surface area contributed by atoms with Crippen LogP contribution in [0.5, 0.6) is 5.75 Å². The zero-order valence-corrected chi connectivity index (χ0v) is 16.7. The minimum absolute atomic E-state index is 0.0574. The summed E-state index contributed by atoms with van der Waals surface area (Å²) in [5.74, 6) is 0.825. The molecule has 2 atom stereocenters. The van der Waals surface area contributed by atoms with Gasteiger partial charge in [-0.1, -0.05) is 30.3 Å². The molecular weight excluding hydrogens is 368 g/mol. The van der Waals surface area contributed by atoms with Crippen molar-refractivity contribution in [3.8, 4) is 5.75 Å². The van der Waals surface area contributed by atoms with E-state index < -0.39 is 6.23 Å². The van der Waals surface area contributed by atoms with Crippen LogP contribution < -0.4 is 21.1 Å². The van der Waals surface area contributed by atoms with Gasteiger partial charge in [0, 0.05) is 29.3 Å². The number of aliphatic hydroxyl groups is 2. The summed E-state index contributed by atoms with van der Waals surface area (Å²) in [4.78, 5) is 4.42. The number of fused-ring (bicyclic) bond motifs is 1. The Labute approximate surface area is 170 Å². The lowest BCUT2D eigenvalue weighted by Gasteiger charge is -2.24. The van der Waals surface area contributed by atoms with Crippen molar-refractivity contribution in [3.05, 3.63) is 65.4 Å². The van der Waals surface area contributed by atoms with Crippen molar-refractivity contribution < 1.29 is 14.9 Å². The highest BCUT2D eigenvalue weighted by atomic mass is 16.5. The first-order chi connectivity index (χ1) is 14.1. The SMILES string of the molecule is CCOc1ccc([C@@H](CNC)Nc2c(CO)cnc3c(C(N)O)cccc23)cc1. The maximum atomic E-state index is 9.90. The molecule has 0 aliphatic rings. The quantitative estimate of drug-likeness (QED) is 0.353. The predicted octanol–water partition coefficient (Wildman–Crippen LogP) is 2.45. The first-order valence-electron chi connectivity index (χ1n) is 9.67. The van der Waals surface area contributed by atoms with Gasteiger partial charge in [-0.15, -0.1) is 0 Å². The molecule has 2 aromatic carbocycles. The van der Waals surface area contributed by atoms with Crippen LogP contribution in [0.15, 0.2) is 48.7 Å². The molecule has 3 rings (SSSR count). The number of ether oxygens (including phenoxy) is 1. The highest BCUT2D eigenvalue weighted by Crippen LogP contribution is 2.32. The van der Waals surface area contributed by atoms with Gasteiger partial charge in [0.25, 0.3) is 0 Å². The highest BCUT2D eigenvalue weighted by molar-refractivity contribution is 5.95. The summed E-state index contributed by atoms with van der Waals surface area (Å²) < 4.78 is 5.54. The molecule has 0 saturated heterocycles. The maximum absolute atomic E-state index is 9.90. The molecule has 0 spiro atoms. The molecule has 1 unspecified atom stereocenters. The molecule has 0 aliphatic carbocycles. The van der Waals surface area contributed by atoms with Crippen LogP contribution in [0, 0.1) is 0 Å². The number of likely N-dealkylation sites (N-methyl/N-ethyl adjacent to an activating group) is 1. The van der Waals surface area contributed by atoms with Gasteiger partial charge in [-0.05, 0) is 31.7 Å². The Morgan fingerprint density at radius 3 is 2.55 bits per heavy atom. The van der Waals surface area contributed by atoms with Crippen LogP contribution >= 0.6 is 0 Å². The molecule has 7 nitrogen and oxygen atoms in total. The molecule has 1 heterocycles. The number of anilines is 1. The van der Waals surface area contributed by atoms with Crippen LogP contribution in [0.2, 0.25) is 0 Å². The lowest BCUT2D eigenvalue weighted by atomic mass is 10.0. The largest absolute Gasteiger partial charge is 0.494 e. The van der Waals surface area contributed by atoms with E-state index in [1.807, 2.05) is 50.4 Å². The Morgan fingerprint density at radius 1 is 1.17 bits per heavy atom. The molecule has 6 N–H and O–H groups in total. The number of para-hydroxylation sites is 1. The van der Waals surface area contributed by atoms with Crippen LogP contribution in [0.4, 0.5) is 5.69 Å². The fourth-order valence-corrected chi connectivity index (χ4v) is 3.41. The van der Waals surface area contributed by atoms with Crippen molar-refractivity contribution >= 4 is 16.6 Å². The topological polar surface area (TPSA) is 113 Å². The van der Waals surface area contributed by atoms with E-state index in [1.54, 1.807) is 12.3 Å². The van der Waals surface area contributed by atoms with Gasteiger partial charge in [0.15, 0.2) is 0 Å². The summed E-state index contributed by atoms with van der Waals surface area (Å²) in [6.45, 7) is 3.09. The Bertz CT molecular complexity index is 945. The van der Waals surface area contributed by atoms with Crippen LogP contribution in [-0.2, 0) is 6.61 Å². The van der Waals surface area contributed by atoms with Gasteiger partial charge in [-0.25, -0.2) is 0 Å². The van der Waals surface area contributed by atoms with Crippen molar-refractivity contribution in [2.75, 3.05) is 25.5 Å². The van der Waals surface area contributed by atoms with E-state index in [0.29, 0.717) is 29.8 Å². The van der Waals surface area contributed by atoms with Crippen LogP contribution in [-0.4, -0.2) is 35.4 Å². The van der Waals surface area contributed by atoms with Gasteiger partial charge in [0.05, 0.1) is 30.5 Å². The van der Waals surface area contributed by atoms with E-state index in [4.69, 9.17) is 10.5 Å². The van der Waals surface area contributed by atoms with E-state index >= 15 is 0 Å². The second kappa shape index (κ2) is 9.67. The van der Waals surface area contributed by atoms with Gasteiger partial charge in [-0.3, -0.25) is 4.98 Å². The Morgan fingerprint density at radius 2 is 1.93 bits per heavy atom. The summed E-state index contributed by atoms with van der Waals surface area (Å²) in [5.41, 5.74) is 9.38. The van der Waals surface area contributed by atoms with Crippen molar-refractivity contribution in [3.63, 3.8) is 0 Å². The fraction of sp³-hybridized carbons (Fsp3) is 0.318. The van der Waals surface area contributed by atoms with Gasteiger partial charge in [0.2, 0.25) is 0 Å². The molecule has 0 fully saturated rings. The van der Waals surface area contributed by atoms with Crippen molar-refractivity contribution in [1.29, 1.82) is 0 Å². The minimum Gasteiger partial charge on any atom is -0.494 e. The summed E-state index contributed by atoms with van der Waals surface area (Å²) in [7, 11) is 1.89. The second-order valence-corrected chi connectivity index (χ2v) is 6.76. The van der Waals surface area contributed by atoms with Gasteiger partial charge in [-0.2, -0.15) is 0 Å². The van der Waals surface area contributed by atoms with Crippen LogP contribution in [0.25, 0.3) is 10.9 Å².